The Balaban J connectivity index is 2.45. The van der Waals surface area contributed by atoms with E-state index in [1.807, 2.05) is 13.8 Å². The van der Waals surface area contributed by atoms with Gasteiger partial charge in [0.15, 0.2) is 0 Å². The number of hydrogen-bond donors (Lipinski definition) is 2. The van der Waals surface area contributed by atoms with Gasteiger partial charge in [-0.2, -0.15) is 0 Å². The molecule has 0 aliphatic rings. The highest BCUT2D eigenvalue weighted by molar-refractivity contribution is 6.30. The highest BCUT2D eigenvalue weighted by Gasteiger charge is 2.18. The van der Waals surface area contributed by atoms with Gasteiger partial charge < -0.3 is 15.4 Å². The second kappa shape index (κ2) is 8.52. The van der Waals surface area contributed by atoms with Crippen molar-refractivity contribution in [2.24, 2.45) is 5.92 Å². The van der Waals surface area contributed by atoms with Gasteiger partial charge in [-0.1, -0.05) is 26.0 Å². The van der Waals surface area contributed by atoms with Crippen molar-refractivity contribution in [2.75, 3.05) is 20.2 Å². The summed E-state index contributed by atoms with van der Waals surface area (Å²) >= 11 is 6.08. The smallest absolute Gasteiger partial charge is 0.243 e. The van der Waals surface area contributed by atoms with Crippen LogP contribution in [0, 0.1) is 5.92 Å². The largest absolute Gasteiger partial charge is 0.497 e. The fourth-order valence-electron chi connectivity index (χ4n) is 1.56. The van der Waals surface area contributed by atoms with Crippen LogP contribution in [0.5, 0.6) is 5.75 Å². The molecule has 1 unspecified atom stereocenters. The molecule has 0 aliphatic heterocycles. The third kappa shape index (κ3) is 6.04. The molecule has 5 nitrogen and oxygen atoms in total. The SMILES string of the molecule is COc1ccc(C(Cl)C(=O)NCC(=O)NCC(C)C)cc1. The molecule has 0 radical (unpaired) electrons. The lowest BCUT2D eigenvalue weighted by Crippen LogP contribution is -2.39. The molecule has 0 aromatic heterocycles. The number of rotatable bonds is 7. The third-order valence-electron chi connectivity index (χ3n) is 2.77. The van der Waals surface area contributed by atoms with E-state index in [-0.39, 0.29) is 12.5 Å². The summed E-state index contributed by atoms with van der Waals surface area (Å²) in [6.07, 6.45) is 0. The molecule has 0 fully saturated rings. The van der Waals surface area contributed by atoms with Crippen LogP contribution in [0.15, 0.2) is 24.3 Å². The van der Waals surface area contributed by atoms with Crippen molar-refractivity contribution in [1.82, 2.24) is 10.6 Å². The second-order valence-electron chi connectivity index (χ2n) is 5.05. The fourth-order valence-corrected chi connectivity index (χ4v) is 1.78. The number of methoxy groups -OCH3 is 1. The van der Waals surface area contributed by atoms with Gasteiger partial charge in [-0.25, -0.2) is 0 Å². The lowest BCUT2D eigenvalue weighted by atomic mass is 10.1. The van der Waals surface area contributed by atoms with Crippen LogP contribution < -0.4 is 15.4 Å². The van der Waals surface area contributed by atoms with E-state index in [0.717, 1.165) is 0 Å². The van der Waals surface area contributed by atoms with Gasteiger partial charge in [0, 0.05) is 6.54 Å². The molecular formula is C15H21ClN2O3. The van der Waals surface area contributed by atoms with E-state index in [9.17, 15) is 9.59 Å². The molecule has 21 heavy (non-hydrogen) atoms. The minimum Gasteiger partial charge on any atom is -0.497 e. The summed E-state index contributed by atoms with van der Waals surface area (Å²) in [4.78, 5) is 23.4. The summed E-state index contributed by atoms with van der Waals surface area (Å²) < 4.78 is 5.04. The number of halogens is 1. The van der Waals surface area contributed by atoms with Crippen LogP contribution in [0.1, 0.15) is 24.8 Å². The van der Waals surface area contributed by atoms with E-state index >= 15 is 0 Å². The Morgan fingerprint density at radius 2 is 1.81 bits per heavy atom. The van der Waals surface area contributed by atoms with Gasteiger partial charge >= 0.3 is 0 Å². The number of carbonyl (C=O) groups excluding carboxylic acids is 2. The molecule has 1 aromatic carbocycles. The summed E-state index contributed by atoms with van der Waals surface area (Å²) in [5.74, 6) is 0.429. The lowest BCUT2D eigenvalue weighted by Gasteiger charge is -2.12. The first-order valence-corrected chi connectivity index (χ1v) is 7.20. The van der Waals surface area contributed by atoms with Crippen LogP contribution in [0.25, 0.3) is 0 Å². The molecule has 2 amide bonds. The minimum absolute atomic E-state index is 0.0784. The van der Waals surface area contributed by atoms with E-state index in [1.165, 1.54) is 0 Å². The van der Waals surface area contributed by atoms with Gasteiger partial charge in [0.05, 0.1) is 13.7 Å². The van der Waals surface area contributed by atoms with Gasteiger partial charge in [-0.05, 0) is 23.6 Å². The fraction of sp³-hybridized carbons (Fsp3) is 0.467. The molecule has 0 aliphatic carbocycles. The minimum atomic E-state index is -0.839. The normalized spacial score (nSPS) is 11.9. The number of amides is 2. The lowest BCUT2D eigenvalue weighted by molar-refractivity contribution is -0.126. The first-order valence-electron chi connectivity index (χ1n) is 6.76. The van der Waals surface area contributed by atoms with Crippen LogP contribution in [0.2, 0.25) is 0 Å². The van der Waals surface area contributed by atoms with Crippen LogP contribution >= 0.6 is 11.6 Å². The maximum Gasteiger partial charge on any atom is 0.243 e. The van der Waals surface area contributed by atoms with Crippen LogP contribution in [-0.2, 0) is 9.59 Å². The Hall–Kier alpha value is -1.75. The van der Waals surface area contributed by atoms with E-state index in [1.54, 1.807) is 31.4 Å². The number of ether oxygens (including phenoxy) is 1. The Bertz CT molecular complexity index is 474. The molecule has 1 aromatic rings. The molecule has 0 saturated heterocycles. The van der Waals surface area contributed by atoms with E-state index in [0.29, 0.717) is 23.8 Å². The molecule has 1 atom stereocenters. The summed E-state index contributed by atoms with van der Waals surface area (Å²) in [5.41, 5.74) is 0.651. The van der Waals surface area contributed by atoms with Crippen molar-refractivity contribution < 1.29 is 14.3 Å². The zero-order chi connectivity index (χ0) is 15.8. The predicted octanol–water partition coefficient (Wildman–Crippen LogP) is 1.86. The van der Waals surface area contributed by atoms with Gasteiger partial charge in [-0.3, -0.25) is 9.59 Å². The number of hydrogen-bond acceptors (Lipinski definition) is 3. The summed E-state index contributed by atoms with van der Waals surface area (Å²) in [6.45, 7) is 4.50. The summed E-state index contributed by atoms with van der Waals surface area (Å²) in [6, 6.07) is 6.89. The summed E-state index contributed by atoms with van der Waals surface area (Å²) in [7, 11) is 1.57. The maximum absolute atomic E-state index is 11.9. The zero-order valence-corrected chi connectivity index (χ0v) is 13.2. The molecule has 0 heterocycles. The predicted molar refractivity (Wildman–Crippen MR) is 82.4 cm³/mol. The molecule has 116 valence electrons. The van der Waals surface area contributed by atoms with E-state index in [2.05, 4.69) is 10.6 Å². The van der Waals surface area contributed by atoms with Crippen LogP contribution in [0.4, 0.5) is 0 Å². The first kappa shape index (κ1) is 17.3. The first-order chi connectivity index (χ1) is 9.93. The Kier molecular flexibility index (Phi) is 7.02. The van der Waals surface area contributed by atoms with E-state index in [4.69, 9.17) is 16.3 Å². The van der Waals surface area contributed by atoms with Gasteiger partial charge in [0.2, 0.25) is 11.8 Å². The Morgan fingerprint density at radius 1 is 1.19 bits per heavy atom. The number of alkyl halides is 1. The molecule has 1 rings (SSSR count). The summed E-state index contributed by atoms with van der Waals surface area (Å²) in [5, 5.41) is 4.40. The highest BCUT2D eigenvalue weighted by atomic mass is 35.5. The monoisotopic (exact) mass is 312 g/mol. The van der Waals surface area contributed by atoms with Crippen molar-refractivity contribution in [3.8, 4) is 5.75 Å². The average molecular weight is 313 g/mol. The second-order valence-corrected chi connectivity index (χ2v) is 5.49. The van der Waals surface area contributed by atoms with Crippen molar-refractivity contribution >= 4 is 23.4 Å². The standard InChI is InChI=1S/C15H21ClN2O3/c1-10(2)8-17-13(19)9-18-15(20)14(16)11-4-6-12(21-3)7-5-11/h4-7,10,14H,8-9H2,1-3H3,(H,17,19)(H,18,20). The molecule has 0 bridgehead atoms. The highest BCUT2D eigenvalue weighted by Crippen LogP contribution is 2.22. The molecule has 0 saturated carbocycles. The maximum atomic E-state index is 11.9. The van der Waals surface area contributed by atoms with Crippen LogP contribution in [-0.4, -0.2) is 32.0 Å². The van der Waals surface area contributed by atoms with Crippen molar-refractivity contribution in [3.63, 3.8) is 0 Å². The molecular weight excluding hydrogens is 292 g/mol. The van der Waals surface area contributed by atoms with Gasteiger partial charge in [-0.15, -0.1) is 11.6 Å². The number of benzene rings is 1. The van der Waals surface area contributed by atoms with E-state index < -0.39 is 11.3 Å². The topological polar surface area (TPSA) is 67.4 Å². The van der Waals surface area contributed by atoms with Gasteiger partial charge in [0.1, 0.15) is 11.1 Å². The quantitative estimate of drug-likeness (QED) is 0.755. The van der Waals surface area contributed by atoms with Crippen LogP contribution in [0.3, 0.4) is 0 Å². The Morgan fingerprint density at radius 3 is 2.33 bits per heavy atom. The number of nitrogens with one attached hydrogen (secondary N) is 2. The molecule has 6 heteroatoms. The average Bonchev–Trinajstić information content (AvgIpc) is 2.49. The molecule has 0 spiro atoms. The Labute approximate surface area is 130 Å². The zero-order valence-electron chi connectivity index (χ0n) is 12.5. The van der Waals surface area contributed by atoms with Gasteiger partial charge in [0.25, 0.3) is 0 Å². The van der Waals surface area contributed by atoms with Crippen molar-refractivity contribution in [1.29, 1.82) is 0 Å². The number of carbonyl (C=O) groups is 2. The molecule has 2 N–H and O–H groups in total. The third-order valence-corrected chi connectivity index (χ3v) is 3.22. The van der Waals surface area contributed by atoms with Crippen molar-refractivity contribution in [3.05, 3.63) is 29.8 Å². The van der Waals surface area contributed by atoms with Crippen molar-refractivity contribution in [2.45, 2.75) is 19.2 Å².